The standard InChI is InChI=1S/C11H14F6N4O2/c1-3-6(2)18-7-19-8(22-4-10(12,13)14)21-9(20-7)23-5-11(15,16)17/h6H,3-5H2,1-2H3,(H,18,19,20,21)/t6-/m0/s1. The van der Waals surface area contributed by atoms with E-state index >= 15 is 0 Å². The lowest BCUT2D eigenvalue weighted by atomic mass is 10.3. The number of alkyl halides is 6. The third-order valence-electron chi connectivity index (χ3n) is 2.31. The second-order valence-corrected chi connectivity index (χ2v) is 4.49. The van der Waals surface area contributed by atoms with Gasteiger partial charge in [0.2, 0.25) is 5.95 Å². The van der Waals surface area contributed by atoms with Crippen molar-refractivity contribution in [3.8, 4) is 12.0 Å². The first-order chi connectivity index (χ1) is 10.5. The molecular formula is C11H14F6N4O2. The molecule has 0 fully saturated rings. The molecule has 0 spiro atoms. The van der Waals surface area contributed by atoms with Crippen LogP contribution in [0.5, 0.6) is 12.0 Å². The largest absolute Gasteiger partial charge is 0.454 e. The highest BCUT2D eigenvalue weighted by molar-refractivity contribution is 5.28. The molecule has 0 radical (unpaired) electrons. The maximum absolute atomic E-state index is 12.1. The lowest BCUT2D eigenvalue weighted by Crippen LogP contribution is -2.23. The Hall–Kier alpha value is -2.01. The van der Waals surface area contributed by atoms with E-state index in [2.05, 4.69) is 29.7 Å². The number of nitrogens with zero attached hydrogens (tertiary/aromatic N) is 3. The first-order valence-corrected chi connectivity index (χ1v) is 6.40. The Bertz CT molecular complexity index is 472. The van der Waals surface area contributed by atoms with Gasteiger partial charge >= 0.3 is 24.4 Å². The second kappa shape index (κ2) is 7.51. The van der Waals surface area contributed by atoms with Gasteiger partial charge < -0.3 is 14.8 Å². The fraction of sp³-hybridized carbons (Fsp3) is 0.727. The number of aromatic nitrogens is 3. The maximum Gasteiger partial charge on any atom is 0.422 e. The number of halogens is 6. The second-order valence-electron chi connectivity index (χ2n) is 4.49. The fourth-order valence-corrected chi connectivity index (χ4v) is 1.15. The van der Waals surface area contributed by atoms with Crippen LogP contribution in [-0.2, 0) is 0 Å². The molecule has 0 bridgehead atoms. The summed E-state index contributed by atoms with van der Waals surface area (Å²) >= 11 is 0. The van der Waals surface area contributed by atoms with Crippen LogP contribution in [0.15, 0.2) is 0 Å². The predicted molar refractivity (Wildman–Crippen MR) is 66.3 cm³/mol. The van der Waals surface area contributed by atoms with Crippen molar-refractivity contribution in [1.29, 1.82) is 0 Å². The number of anilines is 1. The molecule has 0 amide bonds. The van der Waals surface area contributed by atoms with Crippen molar-refractivity contribution in [2.45, 2.75) is 38.7 Å². The molecule has 0 aromatic carbocycles. The highest BCUT2D eigenvalue weighted by Crippen LogP contribution is 2.21. The molecule has 1 N–H and O–H groups in total. The summed E-state index contributed by atoms with van der Waals surface area (Å²) in [7, 11) is 0. The van der Waals surface area contributed by atoms with Gasteiger partial charge in [-0.3, -0.25) is 0 Å². The maximum atomic E-state index is 12.1. The molecule has 0 unspecified atom stereocenters. The van der Waals surface area contributed by atoms with Crippen LogP contribution < -0.4 is 14.8 Å². The third-order valence-corrected chi connectivity index (χ3v) is 2.31. The number of hydrogen-bond acceptors (Lipinski definition) is 6. The first-order valence-electron chi connectivity index (χ1n) is 6.40. The smallest absolute Gasteiger partial charge is 0.422 e. The molecule has 23 heavy (non-hydrogen) atoms. The topological polar surface area (TPSA) is 69.2 Å². The molecule has 0 aliphatic carbocycles. The number of hydrogen-bond donors (Lipinski definition) is 1. The lowest BCUT2D eigenvalue weighted by molar-refractivity contribution is -0.156. The Kier molecular flexibility index (Phi) is 6.21. The molecular weight excluding hydrogens is 334 g/mol. The SMILES string of the molecule is CC[C@H](C)Nc1nc(OCC(F)(F)F)nc(OCC(F)(F)F)n1. The molecule has 0 aliphatic heterocycles. The zero-order chi connectivity index (χ0) is 17.7. The van der Waals surface area contributed by atoms with E-state index in [-0.39, 0.29) is 12.0 Å². The predicted octanol–water partition coefficient (Wildman–Crippen LogP) is 2.96. The molecule has 0 saturated heterocycles. The average molecular weight is 348 g/mol. The Morgan fingerprint density at radius 3 is 1.70 bits per heavy atom. The summed E-state index contributed by atoms with van der Waals surface area (Å²) in [5, 5.41) is 2.68. The Morgan fingerprint density at radius 2 is 1.35 bits per heavy atom. The van der Waals surface area contributed by atoms with Gasteiger partial charge in [0.15, 0.2) is 13.2 Å². The van der Waals surface area contributed by atoms with E-state index in [0.717, 1.165) is 0 Å². The molecule has 1 heterocycles. The van der Waals surface area contributed by atoms with Crippen molar-refractivity contribution < 1.29 is 35.8 Å². The van der Waals surface area contributed by atoms with E-state index < -0.39 is 37.6 Å². The van der Waals surface area contributed by atoms with Gasteiger partial charge in [0, 0.05) is 6.04 Å². The highest BCUT2D eigenvalue weighted by atomic mass is 19.4. The minimum Gasteiger partial charge on any atom is -0.454 e. The summed E-state index contributed by atoms with van der Waals surface area (Å²) in [6.07, 6.45) is -8.68. The zero-order valence-electron chi connectivity index (χ0n) is 12.1. The molecule has 6 nitrogen and oxygen atoms in total. The van der Waals surface area contributed by atoms with E-state index in [0.29, 0.717) is 6.42 Å². The lowest BCUT2D eigenvalue weighted by Gasteiger charge is -2.14. The van der Waals surface area contributed by atoms with E-state index in [1.165, 1.54) is 0 Å². The molecule has 12 heteroatoms. The van der Waals surface area contributed by atoms with E-state index in [4.69, 9.17) is 0 Å². The normalized spacial score (nSPS) is 13.6. The fourth-order valence-electron chi connectivity index (χ4n) is 1.15. The van der Waals surface area contributed by atoms with Crippen molar-refractivity contribution in [3.63, 3.8) is 0 Å². The van der Waals surface area contributed by atoms with Crippen molar-refractivity contribution in [3.05, 3.63) is 0 Å². The van der Waals surface area contributed by atoms with E-state index in [1.54, 1.807) is 13.8 Å². The summed E-state index contributed by atoms with van der Waals surface area (Å²) in [6.45, 7) is 0.133. The summed E-state index contributed by atoms with van der Waals surface area (Å²) in [6, 6.07) is -1.76. The number of nitrogens with one attached hydrogen (secondary N) is 1. The van der Waals surface area contributed by atoms with Gasteiger partial charge in [0.1, 0.15) is 0 Å². The Balaban J connectivity index is 2.92. The summed E-state index contributed by atoms with van der Waals surface area (Å²) in [5.74, 6) is -0.247. The van der Waals surface area contributed by atoms with Crippen LogP contribution in [0.2, 0.25) is 0 Å². The zero-order valence-corrected chi connectivity index (χ0v) is 12.1. The molecule has 1 aromatic heterocycles. The van der Waals surface area contributed by atoms with Crippen LogP contribution in [0.25, 0.3) is 0 Å². The molecule has 0 saturated carbocycles. The molecule has 1 atom stereocenters. The van der Waals surface area contributed by atoms with Gasteiger partial charge in [-0.1, -0.05) is 6.92 Å². The van der Waals surface area contributed by atoms with Gasteiger partial charge in [-0.05, 0) is 13.3 Å². The van der Waals surface area contributed by atoms with Crippen LogP contribution in [-0.4, -0.2) is 46.6 Å². The summed E-state index contributed by atoms with van der Waals surface area (Å²) in [4.78, 5) is 10.4. The Morgan fingerprint density at radius 1 is 0.913 bits per heavy atom. The van der Waals surface area contributed by atoms with Crippen molar-refractivity contribution >= 4 is 5.95 Å². The minimum atomic E-state index is -4.65. The van der Waals surface area contributed by atoms with Crippen LogP contribution in [0.3, 0.4) is 0 Å². The van der Waals surface area contributed by atoms with Crippen LogP contribution in [0.1, 0.15) is 20.3 Å². The quantitative estimate of drug-likeness (QED) is 0.764. The monoisotopic (exact) mass is 348 g/mol. The number of rotatable bonds is 7. The van der Waals surface area contributed by atoms with Crippen LogP contribution >= 0.6 is 0 Å². The third kappa shape index (κ3) is 8.26. The van der Waals surface area contributed by atoms with Gasteiger partial charge in [-0.15, -0.1) is 4.98 Å². The van der Waals surface area contributed by atoms with Gasteiger partial charge in [0.05, 0.1) is 0 Å². The highest BCUT2D eigenvalue weighted by Gasteiger charge is 2.31. The Labute approximate surface area is 127 Å². The first kappa shape index (κ1) is 19.0. The van der Waals surface area contributed by atoms with Crippen LogP contribution in [0.4, 0.5) is 32.3 Å². The molecule has 132 valence electrons. The molecule has 1 aromatic rings. The summed E-state index contributed by atoms with van der Waals surface area (Å²) in [5.41, 5.74) is 0. The van der Waals surface area contributed by atoms with Crippen molar-refractivity contribution in [2.75, 3.05) is 18.5 Å². The number of ether oxygens (including phenoxy) is 2. The van der Waals surface area contributed by atoms with Gasteiger partial charge in [-0.25, -0.2) is 0 Å². The molecule has 1 rings (SSSR count). The van der Waals surface area contributed by atoms with Crippen molar-refractivity contribution in [1.82, 2.24) is 15.0 Å². The van der Waals surface area contributed by atoms with E-state index in [9.17, 15) is 26.3 Å². The minimum absolute atomic E-state index is 0.177. The summed E-state index contributed by atoms with van der Waals surface area (Å²) < 4.78 is 81.3. The van der Waals surface area contributed by atoms with Gasteiger partial charge in [0.25, 0.3) is 0 Å². The average Bonchev–Trinajstić information content (AvgIpc) is 2.41. The van der Waals surface area contributed by atoms with E-state index in [1.807, 2.05) is 0 Å². The van der Waals surface area contributed by atoms with Crippen molar-refractivity contribution in [2.24, 2.45) is 0 Å². The van der Waals surface area contributed by atoms with Crippen LogP contribution in [0, 0.1) is 0 Å². The van der Waals surface area contributed by atoms with Gasteiger partial charge in [-0.2, -0.15) is 36.3 Å². The molecule has 0 aliphatic rings.